The first-order chi connectivity index (χ1) is 17.7. The van der Waals surface area contributed by atoms with E-state index < -0.39 is 15.8 Å². The second-order valence-corrected chi connectivity index (χ2v) is 11.3. The summed E-state index contributed by atoms with van der Waals surface area (Å²) in [6.07, 6.45) is 2.00. The van der Waals surface area contributed by atoms with Gasteiger partial charge in [-0.05, 0) is 61.7 Å². The Morgan fingerprint density at radius 3 is 2.65 bits per heavy atom. The lowest BCUT2D eigenvalue weighted by Gasteiger charge is -2.21. The van der Waals surface area contributed by atoms with E-state index in [1.807, 2.05) is 19.1 Å². The highest BCUT2D eigenvalue weighted by Gasteiger charge is 2.35. The summed E-state index contributed by atoms with van der Waals surface area (Å²) in [5, 5.41) is 14.1. The molecule has 0 amide bonds. The molecule has 188 valence electrons. The van der Waals surface area contributed by atoms with Crippen LogP contribution >= 0.6 is 11.6 Å². The van der Waals surface area contributed by atoms with Crippen molar-refractivity contribution in [3.8, 4) is 28.5 Å². The second-order valence-electron chi connectivity index (χ2n) is 9.05. The van der Waals surface area contributed by atoms with E-state index in [9.17, 15) is 18.3 Å². The van der Waals surface area contributed by atoms with E-state index in [4.69, 9.17) is 25.6 Å². The summed E-state index contributed by atoms with van der Waals surface area (Å²) >= 11 is 6.50. The summed E-state index contributed by atoms with van der Waals surface area (Å²) < 4.78 is 44.1. The molecule has 2 aliphatic rings. The minimum absolute atomic E-state index is 0.0284. The molecular weight excluding hydrogens is 518 g/mol. The van der Waals surface area contributed by atoms with Crippen LogP contribution in [0.15, 0.2) is 68.9 Å². The fraction of sp³-hybridized carbons (Fsp3) is 0.185. The van der Waals surface area contributed by atoms with Gasteiger partial charge in [-0.15, -0.1) is 0 Å². The molecule has 1 aromatic heterocycles. The predicted molar refractivity (Wildman–Crippen MR) is 133 cm³/mol. The van der Waals surface area contributed by atoms with Crippen LogP contribution in [-0.4, -0.2) is 24.7 Å². The standard InChI is InChI=1S/C27H20ClNO7S/c1-14-3-2-4-19(28)24(14)25-18(26(36-29-25)15-5-6-15)13-34-17-8-9-20-23(12-17)37(32,33)22-10-7-16(27(30)31)11-21(22)35-20/h2-4,7-12,15H,5-6,13H2,1H3,(H,30,31). The molecule has 4 aromatic rings. The maximum atomic E-state index is 13.3. The van der Waals surface area contributed by atoms with Crippen LogP contribution in [-0.2, 0) is 16.4 Å². The molecule has 1 aliphatic carbocycles. The Morgan fingerprint density at radius 2 is 1.92 bits per heavy atom. The number of hydrogen-bond donors (Lipinski definition) is 1. The van der Waals surface area contributed by atoms with Crippen molar-refractivity contribution in [2.24, 2.45) is 0 Å². The Labute approximate surface area is 217 Å². The Balaban J connectivity index is 1.33. The molecule has 37 heavy (non-hydrogen) atoms. The lowest BCUT2D eigenvalue weighted by molar-refractivity contribution is 0.0696. The average molecular weight is 538 g/mol. The van der Waals surface area contributed by atoms with Crippen molar-refractivity contribution in [1.29, 1.82) is 0 Å². The number of hydrogen-bond acceptors (Lipinski definition) is 7. The van der Waals surface area contributed by atoms with Gasteiger partial charge in [-0.1, -0.05) is 28.9 Å². The van der Waals surface area contributed by atoms with Crippen molar-refractivity contribution < 1.29 is 32.3 Å². The van der Waals surface area contributed by atoms with Gasteiger partial charge in [0, 0.05) is 17.5 Å². The first-order valence-corrected chi connectivity index (χ1v) is 13.4. The van der Waals surface area contributed by atoms with Crippen LogP contribution in [0.25, 0.3) is 11.3 Å². The minimum Gasteiger partial charge on any atom is -0.489 e. The number of rotatable bonds is 6. The largest absolute Gasteiger partial charge is 0.489 e. The lowest BCUT2D eigenvalue weighted by atomic mass is 10.0. The molecule has 0 spiro atoms. The number of carbonyl (C=O) groups is 1. The molecule has 6 rings (SSSR count). The first-order valence-electron chi connectivity index (χ1n) is 11.5. The zero-order valence-electron chi connectivity index (χ0n) is 19.5. The molecule has 8 nitrogen and oxygen atoms in total. The Kier molecular flexibility index (Phi) is 5.50. The lowest BCUT2D eigenvalue weighted by Crippen LogP contribution is -2.12. The van der Waals surface area contributed by atoms with Crippen molar-refractivity contribution >= 4 is 27.4 Å². The van der Waals surface area contributed by atoms with Crippen LogP contribution in [0.4, 0.5) is 0 Å². The summed E-state index contributed by atoms with van der Waals surface area (Å²) in [6, 6.07) is 13.8. The molecule has 10 heteroatoms. The number of aromatic carboxylic acids is 1. The molecule has 0 unspecified atom stereocenters. The molecule has 1 N–H and O–H groups in total. The fourth-order valence-corrected chi connectivity index (χ4v) is 6.27. The van der Waals surface area contributed by atoms with Gasteiger partial charge in [0.2, 0.25) is 9.84 Å². The van der Waals surface area contributed by atoms with Gasteiger partial charge in [0.05, 0.1) is 16.1 Å². The Bertz CT molecular complexity index is 1670. The van der Waals surface area contributed by atoms with Gasteiger partial charge in [0.15, 0.2) is 0 Å². The molecule has 0 atom stereocenters. The van der Waals surface area contributed by atoms with Crippen LogP contribution < -0.4 is 9.47 Å². The summed E-state index contributed by atoms with van der Waals surface area (Å²) in [5.41, 5.74) is 3.05. The topological polar surface area (TPSA) is 116 Å². The molecule has 3 aromatic carbocycles. The van der Waals surface area contributed by atoms with Gasteiger partial charge in [-0.25, -0.2) is 13.2 Å². The summed E-state index contributed by atoms with van der Waals surface area (Å²) in [6.45, 7) is 2.05. The number of aromatic nitrogens is 1. The van der Waals surface area contributed by atoms with Crippen LogP contribution in [0.5, 0.6) is 17.2 Å². The zero-order valence-corrected chi connectivity index (χ0v) is 21.1. The van der Waals surface area contributed by atoms with Crippen LogP contribution in [0, 0.1) is 6.92 Å². The number of nitrogens with zero attached hydrogens (tertiary/aromatic N) is 1. The molecule has 0 radical (unpaired) electrons. The Morgan fingerprint density at radius 1 is 1.11 bits per heavy atom. The average Bonchev–Trinajstić information content (AvgIpc) is 3.63. The third-order valence-electron chi connectivity index (χ3n) is 6.51. The molecule has 1 saturated carbocycles. The van der Waals surface area contributed by atoms with Crippen LogP contribution in [0.2, 0.25) is 5.02 Å². The van der Waals surface area contributed by atoms with Gasteiger partial charge in [0.1, 0.15) is 45.1 Å². The number of carboxylic acid groups (broad SMARTS) is 1. The first kappa shape index (κ1) is 23.6. The van der Waals surface area contributed by atoms with Gasteiger partial charge >= 0.3 is 5.97 Å². The van der Waals surface area contributed by atoms with Crippen LogP contribution in [0.3, 0.4) is 0 Å². The zero-order chi connectivity index (χ0) is 25.9. The smallest absolute Gasteiger partial charge is 0.335 e. The number of carboxylic acids is 1. The van der Waals surface area contributed by atoms with Crippen molar-refractivity contribution in [3.63, 3.8) is 0 Å². The second kappa shape index (κ2) is 8.64. The maximum Gasteiger partial charge on any atom is 0.335 e. The summed E-state index contributed by atoms with van der Waals surface area (Å²) in [7, 11) is -3.96. The van der Waals surface area contributed by atoms with Crippen LogP contribution in [0.1, 0.15) is 46.0 Å². The minimum atomic E-state index is -3.96. The van der Waals surface area contributed by atoms with Crippen molar-refractivity contribution in [1.82, 2.24) is 5.16 Å². The van der Waals surface area contributed by atoms with E-state index in [1.54, 1.807) is 12.1 Å². The van der Waals surface area contributed by atoms with E-state index in [2.05, 4.69) is 5.16 Å². The number of aryl methyl sites for hydroxylation is 1. The van der Waals surface area contributed by atoms with E-state index in [-0.39, 0.29) is 39.4 Å². The third kappa shape index (κ3) is 4.04. The third-order valence-corrected chi connectivity index (χ3v) is 8.64. The molecule has 2 heterocycles. The van der Waals surface area contributed by atoms with Crippen molar-refractivity contribution in [3.05, 3.63) is 82.1 Å². The molecule has 0 saturated heterocycles. The molecular formula is C27H20ClNO7S. The highest BCUT2D eigenvalue weighted by molar-refractivity contribution is 7.91. The monoisotopic (exact) mass is 537 g/mol. The highest BCUT2D eigenvalue weighted by Crippen LogP contribution is 2.47. The fourth-order valence-electron chi connectivity index (χ4n) is 4.46. The Hall–Kier alpha value is -3.82. The molecule has 1 fully saturated rings. The number of halogens is 1. The molecule has 1 aliphatic heterocycles. The van der Waals surface area contributed by atoms with Gasteiger partial charge in [0.25, 0.3) is 0 Å². The van der Waals surface area contributed by atoms with E-state index >= 15 is 0 Å². The van der Waals surface area contributed by atoms with E-state index in [1.165, 1.54) is 30.3 Å². The SMILES string of the molecule is Cc1cccc(Cl)c1-c1noc(C2CC2)c1COc1ccc2c(c1)S(=O)(=O)c1ccc(C(=O)O)cc1O2. The number of benzene rings is 3. The predicted octanol–water partition coefficient (Wildman–Crippen LogP) is 6.40. The van der Waals surface area contributed by atoms with Gasteiger partial charge in [-0.3, -0.25) is 0 Å². The van der Waals surface area contributed by atoms with Gasteiger partial charge < -0.3 is 19.1 Å². The number of ether oxygens (including phenoxy) is 2. The quantitative estimate of drug-likeness (QED) is 0.264. The molecule has 0 bridgehead atoms. The normalized spacial score (nSPS) is 15.4. The maximum absolute atomic E-state index is 13.3. The van der Waals surface area contributed by atoms with E-state index in [0.717, 1.165) is 35.3 Å². The van der Waals surface area contributed by atoms with Gasteiger partial charge in [-0.2, -0.15) is 0 Å². The summed E-state index contributed by atoms with van der Waals surface area (Å²) in [4.78, 5) is 11.1. The van der Waals surface area contributed by atoms with Crippen molar-refractivity contribution in [2.75, 3.05) is 0 Å². The van der Waals surface area contributed by atoms with E-state index in [0.29, 0.717) is 16.5 Å². The van der Waals surface area contributed by atoms with Crippen molar-refractivity contribution in [2.45, 2.75) is 42.1 Å². The number of sulfone groups is 1. The highest BCUT2D eigenvalue weighted by atomic mass is 35.5. The number of fused-ring (bicyclic) bond motifs is 2. The summed E-state index contributed by atoms with van der Waals surface area (Å²) in [5.74, 6) is 0.238.